The quantitative estimate of drug-likeness (QED) is 0.408. The number of carbonyl (C=O) groups is 3. The third-order valence-corrected chi connectivity index (χ3v) is 6.18. The van der Waals surface area contributed by atoms with Crippen LogP contribution in [-0.4, -0.2) is 50.9 Å². The number of halogens is 1. The highest BCUT2D eigenvalue weighted by Gasteiger charge is 2.51. The third kappa shape index (κ3) is 5.63. The van der Waals surface area contributed by atoms with E-state index in [4.69, 9.17) is 9.57 Å². The normalized spacial score (nSPS) is 18.9. The van der Waals surface area contributed by atoms with Crippen LogP contribution in [0.2, 0.25) is 0 Å². The van der Waals surface area contributed by atoms with Gasteiger partial charge < -0.3 is 14.9 Å². The average Bonchev–Trinajstić information content (AvgIpc) is 3.23. The Bertz CT molecular complexity index is 1120. The van der Waals surface area contributed by atoms with Gasteiger partial charge in [0.25, 0.3) is 5.91 Å². The molecule has 0 unspecified atom stereocenters. The summed E-state index contributed by atoms with van der Waals surface area (Å²) in [6, 6.07) is 8.63. The molecule has 1 aliphatic rings. The highest BCUT2D eigenvalue weighted by Crippen LogP contribution is 2.35. The van der Waals surface area contributed by atoms with Crippen LogP contribution < -0.4 is 5.32 Å². The highest BCUT2D eigenvalue weighted by molar-refractivity contribution is 9.09. The van der Waals surface area contributed by atoms with Gasteiger partial charge in [-0.15, -0.1) is 0 Å². The van der Waals surface area contributed by atoms with E-state index in [-0.39, 0.29) is 29.9 Å². The Hall–Kier alpha value is -2.81. The van der Waals surface area contributed by atoms with E-state index in [0.29, 0.717) is 11.4 Å². The molecule has 34 heavy (non-hydrogen) atoms. The van der Waals surface area contributed by atoms with Crippen molar-refractivity contribution in [3.63, 3.8) is 0 Å². The van der Waals surface area contributed by atoms with Crippen molar-refractivity contribution in [3.05, 3.63) is 42.2 Å². The number of carbonyl (C=O) groups excluding carboxylic acids is 3. The topological polar surface area (TPSA) is 107 Å². The number of benzene rings is 1. The van der Waals surface area contributed by atoms with Gasteiger partial charge in [0.05, 0.1) is 23.5 Å². The largest absolute Gasteiger partial charge is 0.460 e. The molecule has 182 valence electrons. The number of esters is 1. The van der Waals surface area contributed by atoms with Crippen molar-refractivity contribution in [2.24, 2.45) is 11.1 Å². The number of fused-ring (bicyclic) bond motifs is 1. The number of alkyl halides is 1. The first-order valence-corrected chi connectivity index (χ1v) is 12.3. The molecule has 1 aliphatic heterocycles. The summed E-state index contributed by atoms with van der Waals surface area (Å²) in [5.41, 5.74) is -0.844. The maximum Gasteiger partial charge on any atom is 0.308 e. The van der Waals surface area contributed by atoms with Crippen LogP contribution in [-0.2, 0) is 24.0 Å². The predicted octanol–water partition coefficient (Wildman–Crippen LogP) is 3.93. The number of rotatable bonds is 8. The number of hydrogen-bond donors (Lipinski definition) is 1. The van der Waals surface area contributed by atoms with Gasteiger partial charge in [0.15, 0.2) is 5.78 Å². The number of hydrogen-bond acceptors (Lipinski definition) is 7. The number of oxime groups is 1. The molecule has 0 saturated carbocycles. The number of ketones is 1. The van der Waals surface area contributed by atoms with E-state index in [0.717, 1.165) is 10.8 Å². The second-order valence-corrected chi connectivity index (χ2v) is 10.2. The Balaban J connectivity index is 1.83. The van der Waals surface area contributed by atoms with Crippen LogP contribution in [0.15, 0.2) is 41.7 Å². The second-order valence-electron chi connectivity index (χ2n) is 9.65. The van der Waals surface area contributed by atoms with E-state index < -0.39 is 29.1 Å². The summed E-state index contributed by atoms with van der Waals surface area (Å²) >= 11 is 3.13. The summed E-state index contributed by atoms with van der Waals surface area (Å²) < 4.78 is 5.34. The van der Waals surface area contributed by atoms with Gasteiger partial charge in [-0.2, -0.15) is 0 Å². The zero-order valence-corrected chi connectivity index (χ0v) is 21.6. The zero-order chi connectivity index (χ0) is 25.1. The van der Waals surface area contributed by atoms with Crippen LogP contribution in [0.4, 0.5) is 0 Å². The molecule has 2 heterocycles. The molecular formula is C25H30BrN3O5. The molecule has 8 nitrogen and oxygen atoms in total. The number of Topliss-reactive ketones (excluding diaryl/α,β-unsaturated/α-hetero) is 1. The number of nitrogens with one attached hydrogen (secondary N) is 1. The number of amides is 1. The van der Waals surface area contributed by atoms with E-state index in [1.807, 2.05) is 44.2 Å². The lowest BCUT2D eigenvalue weighted by Gasteiger charge is -2.31. The van der Waals surface area contributed by atoms with Crippen LogP contribution in [0.1, 0.15) is 53.2 Å². The van der Waals surface area contributed by atoms with E-state index in [1.165, 1.54) is 0 Å². The van der Waals surface area contributed by atoms with E-state index in [9.17, 15) is 14.4 Å². The molecule has 0 spiro atoms. The monoisotopic (exact) mass is 531 g/mol. The minimum atomic E-state index is -1.34. The molecule has 2 atom stereocenters. The highest BCUT2D eigenvalue weighted by atomic mass is 79.9. The van der Waals surface area contributed by atoms with Crippen molar-refractivity contribution in [2.75, 3.05) is 5.33 Å². The van der Waals surface area contributed by atoms with Gasteiger partial charge in [-0.3, -0.25) is 19.4 Å². The van der Waals surface area contributed by atoms with Crippen molar-refractivity contribution >= 4 is 50.1 Å². The van der Waals surface area contributed by atoms with Crippen LogP contribution in [0.3, 0.4) is 0 Å². The maximum atomic E-state index is 13.5. The van der Waals surface area contributed by atoms with Crippen molar-refractivity contribution in [1.29, 1.82) is 0 Å². The lowest BCUT2D eigenvalue weighted by atomic mass is 9.83. The lowest BCUT2D eigenvalue weighted by molar-refractivity contribution is -0.157. The molecule has 2 aromatic rings. The molecule has 1 amide bonds. The van der Waals surface area contributed by atoms with Crippen LogP contribution in [0, 0.1) is 5.92 Å². The van der Waals surface area contributed by atoms with Gasteiger partial charge >= 0.3 is 5.97 Å². The summed E-state index contributed by atoms with van der Waals surface area (Å²) in [6.07, 6.45) is 1.60. The van der Waals surface area contributed by atoms with E-state index in [1.54, 1.807) is 27.0 Å². The van der Waals surface area contributed by atoms with E-state index in [2.05, 4.69) is 31.4 Å². The molecule has 1 aromatic carbocycles. The number of nitrogens with zero attached hydrogens (tertiary/aromatic N) is 2. The van der Waals surface area contributed by atoms with Gasteiger partial charge in [0.2, 0.25) is 5.60 Å². The predicted molar refractivity (Wildman–Crippen MR) is 133 cm³/mol. The molecule has 0 bridgehead atoms. The van der Waals surface area contributed by atoms with Crippen LogP contribution in [0.25, 0.3) is 10.8 Å². The fraction of sp³-hybridized carbons (Fsp3) is 0.480. The lowest BCUT2D eigenvalue weighted by Crippen LogP contribution is -2.56. The minimum Gasteiger partial charge on any atom is -0.460 e. The molecule has 0 saturated heterocycles. The third-order valence-electron chi connectivity index (χ3n) is 5.63. The van der Waals surface area contributed by atoms with Crippen LogP contribution >= 0.6 is 15.9 Å². The van der Waals surface area contributed by atoms with Gasteiger partial charge in [-0.05, 0) is 32.2 Å². The van der Waals surface area contributed by atoms with Crippen molar-refractivity contribution < 1.29 is 24.0 Å². The number of pyridine rings is 1. The minimum absolute atomic E-state index is 0.0159. The Morgan fingerprint density at radius 3 is 2.56 bits per heavy atom. The van der Waals surface area contributed by atoms with Crippen molar-refractivity contribution in [1.82, 2.24) is 10.3 Å². The Morgan fingerprint density at radius 1 is 1.21 bits per heavy atom. The summed E-state index contributed by atoms with van der Waals surface area (Å²) in [6.45, 7) is 8.93. The van der Waals surface area contributed by atoms with Crippen molar-refractivity contribution in [3.8, 4) is 0 Å². The standard InChI is InChI=1S/C25H30BrN3O5/c1-15(2)25(23(32)28-18(20(30)14-26)12-21(31)33-24(3,4)5)13-19(29-34-25)22-17-9-7-6-8-16(17)10-11-27-22/h6-11,15,18H,12-14H2,1-5H3,(H,28,32)/t18-,25+/m0/s1. The summed E-state index contributed by atoms with van der Waals surface area (Å²) in [5.74, 6) is -1.70. The number of ether oxygens (including phenoxy) is 1. The van der Waals surface area contributed by atoms with Gasteiger partial charge in [-0.1, -0.05) is 59.2 Å². The molecule has 0 fully saturated rings. The smallest absolute Gasteiger partial charge is 0.308 e. The Labute approximate surface area is 207 Å². The van der Waals surface area contributed by atoms with Gasteiger partial charge in [-0.25, -0.2) is 0 Å². The molecule has 1 N–H and O–H groups in total. The first kappa shape index (κ1) is 25.8. The molecule has 3 rings (SSSR count). The molecule has 0 radical (unpaired) electrons. The second kappa shape index (κ2) is 10.2. The fourth-order valence-electron chi connectivity index (χ4n) is 3.79. The first-order chi connectivity index (χ1) is 16.0. The Morgan fingerprint density at radius 2 is 1.91 bits per heavy atom. The van der Waals surface area contributed by atoms with Crippen LogP contribution in [0.5, 0.6) is 0 Å². The SMILES string of the molecule is CC(C)[C@@]1(C(=O)N[C@@H](CC(=O)OC(C)(C)C)C(=O)CBr)CC(c2nccc3ccccc23)=NO1. The maximum absolute atomic E-state index is 13.5. The first-order valence-electron chi connectivity index (χ1n) is 11.2. The van der Waals surface area contributed by atoms with Crippen molar-refractivity contribution in [2.45, 2.75) is 64.7 Å². The van der Waals surface area contributed by atoms with Gasteiger partial charge in [0, 0.05) is 23.9 Å². The molecule has 1 aromatic heterocycles. The summed E-state index contributed by atoms with van der Waals surface area (Å²) in [5, 5.41) is 8.85. The van der Waals surface area contributed by atoms with E-state index >= 15 is 0 Å². The fourth-order valence-corrected chi connectivity index (χ4v) is 4.18. The molecule has 9 heteroatoms. The average molecular weight is 532 g/mol. The molecule has 0 aliphatic carbocycles. The number of aromatic nitrogens is 1. The summed E-state index contributed by atoms with van der Waals surface area (Å²) in [7, 11) is 0. The Kier molecular flexibility index (Phi) is 7.75. The summed E-state index contributed by atoms with van der Waals surface area (Å²) in [4.78, 5) is 48.6. The zero-order valence-electron chi connectivity index (χ0n) is 20.1. The van der Waals surface area contributed by atoms with Gasteiger partial charge in [0.1, 0.15) is 11.3 Å². The molecular weight excluding hydrogens is 502 g/mol.